The predicted octanol–water partition coefficient (Wildman–Crippen LogP) is 5.13. The van der Waals surface area contributed by atoms with E-state index >= 15 is 0 Å². The molecular weight excluding hydrogens is 180 g/mol. The van der Waals surface area contributed by atoms with E-state index in [2.05, 4.69) is 62.3 Å². The zero-order valence-electron chi connectivity index (χ0n) is 12.3. The number of rotatable bonds is 2. The zero-order chi connectivity index (χ0) is 12.3. The molecule has 1 atom stereocenters. The maximum Gasteiger partial charge on any atom is -0.0251 e. The Morgan fingerprint density at radius 2 is 1.20 bits per heavy atom. The summed E-state index contributed by atoms with van der Waals surface area (Å²) in [5, 5.41) is 0. The molecule has 1 fully saturated rings. The highest BCUT2D eigenvalue weighted by molar-refractivity contribution is 5.09. The summed E-state index contributed by atoms with van der Waals surface area (Å²) >= 11 is 0. The SMILES string of the molecule is CC1(C)CC1C(C)(C)C(C)(C)C(C)(C)C. The topological polar surface area (TPSA) is 0 Å². The fourth-order valence-corrected chi connectivity index (χ4v) is 3.10. The Hall–Kier alpha value is 0. The largest absolute Gasteiger partial charge is 0.0596 e. The quantitative estimate of drug-likeness (QED) is 0.592. The molecule has 1 aliphatic rings. The highest BCUT2D eigenvalue weighted by Gasteiger charge is 2.60. The first kappa shape index (κ1) is 13.1. The van der Waals surface area contributed by atoms with Gasteiger partial charge in [-0.15, -0.1) is 0 Å². The lowest BCUT2D eigenvalue weighted by Crippen LogP contribution is -2.45. The van der Waals surface area contributed by atoms with Crippen molar-refractivity contribution >= 4 is 0 Å². The molecule has 1 unspecified atom stereocenters. The molecule has 1 rings (SSSR count). The molecule has 0 nitrogen and oxygen atoms in total. The van der Waals surface area contributed by atoms with E-state index in [9.17, 15) is 0 Å². The van der Waals surface area contributed by atoms with Crippen molar-refractivity contribution < 1.29 is 0 Å². The smallest absolute Gasteiger partial charge is 0.0251 e. The maximum atomic E-state index is 2.47. The van der Waals surface area contributed by atoms with Gasteiger partial charge in [-0.05, 0) is 34.0 Å². The molecular formula is C15H30. The lowest BCUT2D eigenvalue weighted by atomic mass is 9.53. The summed E-state index contributed by atoms with van der Waals surface area (Å²) in [6, 6.07) is 0. The van der Waals surface area contributed by atoms with Crippen molar-refractivity contribution in [1.29, 1.82) is 0 Å². The molecule has 0 N–H and O–H groups in total. The lowest BCUT2D eigenvalue weighted by molar-refractivity contribution is -0.0306. The van der Waals surface area contributed by atoms with Crippen molar-refractivity contribution in [2.24, 2.45) is 27.6 Å². The molecule has 0 aromatic carbocycles. The summed E-state index contributed by atoms with van der Waals surface area (Å²) in [6.07, 6.45) is 1.40. The highest BCUT2D eigenvalue weighted by atomic mass is 14.6. The van der Waals surface area contributed by atoms with E-state index < -0.39 is 0 Å². The van der Waals surface area contributed by atoms with Gasteiger partial charge in [-0.1, -0.05) is 62.3 Å². The second-order valence-electron chi connectivity index (χ2n) is 8.34. The molecule has 0 heterocycles. The monoisotopic (exact) mass is 210 g/mol. The summed E-state index contributed by atoms with van der Waals surface area (Å²) in [7, 11) is 0. The van der Waals surface area contributed by atoms with Crippen molar-refractivity contribution in [3.05, 3.63) is 0 Å². The van der Waals surface area contributed by atoms with Crippen LogP contribution in [0.25, 0.3) is 0 Å². The molecule has 0 bridgehead atoms. The highest BCUT2D eigenvalue weighted by Crippen LogP contribution is 2.68. The molecule has 0 spiro atoms. The van der Waals surface area contributed by atoms with Gasteiger partial charge in [-0.25, -0.2) is 0 Å². The summed E-state index contributed by atoms with van der Waals surface area (Å²) in [4.78, 5) is 0. The van der Waals surface area contributed by atoms with Gasteiger partial charge in [0, 0.05) is 0 Å². The van der Waals surface area contributed by atoms with E-state index in [4.69, 9.17) is 0 Å². The van der Waals surface area contributed by atoms with E-state index in [1.54, 1.807) is 0 Å². The first-order chi connectivity index (χ1) is 6.34. The third-order valence-electron chi connectivity index (χ3n) is 5.87. The van der Waals surface area contributed by atoms with Gasteiger partial charge < -0.3 is 0 Å². The zero-order valence-corrected chi connectivity index (χ0v) is 12.3. The van der Waals surface area contributed by atoms with Gasteiger partial charge in [0.15, 0.2) is 0 Å². The van der Waals surface area contributed by atoms with Gasteiger partial charge in [0.2, 0.25) is 0 Å². The minimum atomic E-state index is 0.370. The predicted molar refractivity (Wildman–Crippen MR) is 68.9 cm³/mol. The van der Waals surface area contributed by atoms with Crippen LogP contribution in [-0.4, -0.2) is 0 Å². The Morgan fingerprint density at radius 3 is 1.40 bits per heavy atom. The second-order valence-corrected chi connectivity index (χ2v) is 8.34. The molecule has 0 amide bonds. The van der Waals surface area contributed by atoms with Crippen LogP contribution in [0.4, 0.5) is 0 Å². The molecule has 0 aliphatic heterocycles. The van der Waals surface area contributed by atoms with Crippen molar-refractivity contribution in [3.63, 3.8) is 0 Å². The minimum absolute atomic E-state index is 0.370. The molecule has 15 heavy (non-hydrogen) atoms. The summed E-state index contributed by atoms with van der Waals surface area (Å²) in [5.74, 6) is 0.888. The van der Waals surface area contributed by atoms with Crippen LogP contribution in [0.3, 0.4) is 0 Å². The van der Waals surface area contributed by atoms with Gasteiger partial charge >= 0.3 is 0 Å². The molecule has 0 aromatic heterocycles. The van der Waals surface area contributed by atoms with E-state index in [1.165, 1.54) is 6.42 Å². The van der Waals surface area contributed by atoms with Crippen molar-refractivity contribution in [1.82, 2.24) is 0 Å². The van der Waals surface area contributed by atoms with E-state index in [0.29, 0.717) is 21.7 Å². The average molecular weight is 210 g/mol. The van der Waals surface area contributed by atoms with Crippen molar-refractivity contribution in [3.8, 4) is 0 Å². The van der Waals surface area contributed by atoms with Crippen LogP contribution in [-0.2, 0) is 0 Å². The van der Waals surface area contributed by atoms with Crippen molar-refractivity contribution in [2.45, 2.75) is 68.7 Å². The van der Waals surface area contributed by atoms with Crippen LogP contribution in [0.5, 0.6) is 0 Å². The van der Waals surface area contributed by atoms with Crippen LogP contribution in [0.15, 0.2) is 0 Å². The maximum absolute atomic E-state index is 2.47. The van der Waals surface area contributed by atoms with Crippen LogP contribution < -0.4 is 0 Å². The normalized spacial score (nSPS) is 26.6. The van der Waals surface area contributed by atoms with Gasteiger partial charge in [0.05, 0.1) is 0 Å². The fourth-order valence-electron chi connectivity index (χ4n) is 3.10. The standard InChI is InChI=1S/C15H30/c1-12(2,3)15(8,9)14(6,7)11-10-13(11,4)5/h11H,10H2,1-9H3. The third-order valence-corrected chi connectivity index (χ3v) is 5.87. The first-order valence-electron chi connectivity index (χ1n) is 6.34. The summed E-state index contributed by atoms with van der Waals surface area (Å²) in [5.41, 5.74) is 1.74. The van der Waals surface area contributed by atoms with Gasteiger partial charge in [0.25, 0.3) is 0 Å². The lowest BCUT2D eigenvalue weighted by Gasteiger charge is -2.52. The van der Waals surface area contributed by atoms with Crippen LogP contribution >= 0.6 is 0 Å². The Bertz CT molecular complexity index is 248. The molecule has 0 saturated heterocycles. The second kappa shape index (κ2) is 3.02. The fraction of sp³-hybridized carbons (Fsp3) is 1.00. The van der Waals surface area contributed by atoms with Crippen LogP contribution in [0, 0.1) is 27.6 Å². The van der Waals surface area contributed by atoms with Gasteiger partial charge in [-0.3, -0.25) is 0 Å². The minimum Gasteiger partial charge on any atom is -0.0596 e. The average Bonchev–Trinajstić information content (AvgIpc) is 2.57. The first-order valence-corrected chi connectivity index (χ1v) is 6.34. The van der Waals surface area contributed by atoms with Crippen LogP contribution in [0.1, 0.15) is 68.7 Å². The number of hydrogen-bond acceptors (Lipinski definition) is 0. The summed E-state index contributed by atoms with van der Waals surface area (Å²) < 4.78 is 0. The Kier molecular flexibility index (Phi) is 2.63. The number of hydrogen-bond donors (Lipinski definition) is 0. The molecule has 1 saturated carbocycles. The molecule has 0 heteroatoms. The van der Waals surface area contributed by atoms with E-state index in [1.807, 2.05) is 0 Å². The molecule has 90 valence electrons. The van der Waals surface area contributed by atoms with E-state index in [0.717, 1.165) is 5.92 Å². The summed E-state index contributed by atoms with van der Waals surface area (Å²) in [6.45, 7) is 21.8. The Labute approximate surface area is 96.8 Å². The third kappa shape index (κ3) is 1.85. The Morgan fingerprint density at radius 1 is 0.867 bits per heavy atom. The van der Waals surface area contributed by atoms with Gasteiger partial charge in [-0.2, -0.15) is 0 Å². The molecule has 0 aromatic rings. The molecule has 0 radical (unpaired) electrons. The molecule has 1 aliphatic carbocycles. The van der Waals surface area contributed by atoms with Gasteiger partial charge in [0.1, 0.15) is 0 Å². The van der Waals surface area contributed by atoms with Crippen LogP contribution in [0.2, 0.25) is 0 Å². The van der Waals surface area contributed by atoms with E-state index in [-0.39, 0.29) is 0 Å². The van der Waals surface area contributed by atoms with Crippen molar-refractivity contribution in [2.75, 3.05) is 0 Å². The Balaban J connectivity index is 2.97.